The number of pyridine rings is 2. The molecular weight excluding hydrogens is 390 g/mol. The monoisotopic (exact) mass is 409 g/mol. The quantitative estimate of drug-likeness (QED) is 0.431. The van der Waals surface area contributed by atoms with Crippen LogP contribution in [0.2, 0.25) is 0 Å². The minimum absolute atomic E-state index is 0.159. The van der Waals surface area contributed by atoms with Crippen LogP contribution in [0, 0.1) is 6.92 Å². The number of nitrogens with one attached hydrogen (secondary N) is 3. The molecule has 7 heteroatoms. The van der Waals surface area contributed by atoms with Crippen LogP contribution in [0.3, 0.4) is 0 Å². The topological polar surface area (TPSA) is 91.9 Å². The van der Waals surface area contributed by atoms with Crippen molar-refractivity contribution in [2.24, 2.45) is 0 Å². The average molecular weight is 409 g/mol. The van der Waals surface area contributed by atoms with Gasteiger partial charge in [0.1, 0.15) is 18.1 Å². The van der Waals surface area contributed by atoms with Crippen molar-refractivity contribution in [1.82, 2.24) is 15.0 Å². The van der Waals surface area contributed by atoms with E-state index in [2.05, 4.69) is 25.6 Å². The minimum Gasteiger partial charge on any atom is -0.474 e. The first-order valence-corrected chi connectivity index (χ1v) is 10.2. The van der Waals surface area contributed by atoms with Gasteiger partial charge in [0.25, 0.3) is 5.91 Å². The molecule has 0 aliphatic carbocycles. The van der Waals surface area contributed by atoms with Gasteiger partial charge < -0.3 is 20.4 Å². The maximum atomic E-state index is 12.7. The van der Waals surface area contributed by atoms with Crippen LogP contribution in [0.1, 0.15) is 16.8 Å². The Morgan fingerprint density at radius 3 is 2.90 bits per heavy atom. The Morgan fingerprint density at radius 2 is 2.00 bits per heavy atom. The van der Waals surface area contributed by atoms with Crippen molar-refractivity contribution < 1.29 is 9.53 Å². The van der Waals surface area contributed by atoms with Crippen molar-refractivity contribution in [2.45, 2.75) is 6.92 Å². The lowest BCUT2D eigenvalue weighted by atomic mass is 9.99. The van der Waals surface area contributed by atoms with Gasteiger partial charge in [0.2, 0.25) is 5.88 Å². The highest BCUT2D eigenvalue weighted by molar-refractivity contribution is 6.34. The van der Waals surface area contributed by atoms with Gasteiger partial charge in [-0.2, -0.15) is 0 Å². The highest BCUT2D eigenvalue weighted by Crippen LogP contribution is 2.38. The fourth-order valence-corrected chi connectivity index (χ4v) is 4.20. The Morgan fingerprint density at radius 1 is 1.10 bits per heavy atom. The summed E-state index contributed by atoms with van der Waals surface area (Å²) >= 11 is 0. The average Bonchev–Trinajstić information content (AvgIpc) is 3.34. The number of benzene rings is 1. The molecule has 4 aromatic rings. The fraction of sp³-hybridized carbons (Fsp3) is 0.125. The number of aromatic nitrogens is 3. The van der Waals surface area contributed by atoms with Gasteiger partial charge in [-0.25, -0.2) is 9.97 Å². The Labute approximate surface area is 178 Å². The van der Waals surface area contributed by atoms with E-state index in [1.165, 1.54) is 0 Å². The summed E-state index contributed by atoms with van der Waals surface area (Å²) in [4.78, 5) is 25.0. The second-order valence-electron chi connectivity index (χ2n) is 7.70. The van der Waals surface area contributed by atoms with Crippen molar-refractivity contribution in [2.75, 3.05) is 23.8 Å². The Balaban J connectivity index is 1.45. The molecule has 7 nitrogen and oxygen atoms in total. The molecule has 0 spiro atoms. The van der Waals surface area contributed by atoms with Crippen LogP contribution >= 0.6 is 0 Å². The van der Waals surface area contributed by atoms with Crippen molar-refractivity contribution in [3.63, 3.8) is 0 Å². The highest BCUT2D eigenvalue weighted by atomic mass is 16.5. The molecule has 5 heterocycles. The second kappa shape index (κ2) is 6.70. The molecule has 2 aliphatic heterocycles. The van der Waals surface area contributed by atoms with E-state index < -0.39 is 0 Å². The van der Waals surface area contributed by atoms with Crippen LogP contribution in [0.4, 0.5) is 11.5 Å². The van der Waals surface area contributed by atoms with Gasteiger partial charge in [0, 0.05) is 46.8 Å². The number of hydrogen-bond donors (Lipinski definition) is 3. The summed E-state index contributed by atoms with van der Waals surface area (Å²) in [5.41, 5.74) is 7.08. The zero-order valence-corrected chi connectivity index (χ0v) is 16.8. The summed E-state index contributed by atoms with van der Waals surface area (Å²) in [5, 5.41) is 7.33. The lowest BCUT2D eigenvalue weighted by molar-refractivity contribution is -0.110. The van der Waals surface area contributed by atoms with Gasteiger partial charge in [-0.1, -0.05) is 18.2 Å². The molecule has 0 radical (unpaired) electrons. The van der Waals surface area contributed by atoms with Crippen molar-refractivity contribution in [3.8, 4) is 17.0 Å². The van der Waals surface area contributed by atoms with Gasteiger partial charge in [0.15, 0.2) is 0 Å². The fourth-order valence-electron chi connectivity index (χ4n) is 4.20. The first-order chi connectivity index (χ1) is 15.2. The minimum atomic E-state index is -0.159. The van der Waals surface area contributed by atoms with Gasteiger partial charge in [-0.15, -0.1) is 0 Å². The molecule has 3 N–H and O–H groups in total. The van der Waals surface area contributed by atoms with E-state index >= 15 is 0 Å². The largest absolute Gasteiger partial charge is 0.474 e. The number of aromatic amines is 1. The molecule has 1 amide bonds. The summed E-state index contributed by atoms with van der Waals surface area (Å²) in [7, 11) is 0. The number of anilines is 2. The third-order valence-corrected chi connectivity index (χ3v) is 5.76. The summed E-state index contributed by atoms with van der Waals surface area (Å²) < 4.78 is 5.64. The van der Waals surface area contributed by atoms with Crippen molar-refractivity contribution in [1.29, 1.82) is 0 Å². The molecule has 0 atom stereocenters. The predicted molar refractivity (Wildman–Crippen MR) is 121 cm³/mol. The smallest absolute Gasteiger partial charge is 0.257 e. The number of rotatable bonds is 2. The van der Waals surface area contributed by atoms with Gasteiger partial charge in [0.05, 0.1) is 5.57 Å². The van der Waals surface area contributed by atoms with Crippen LogP contribution in [-0.4, -0.2) is 34.0 Å². The van der Waals surface area contributed by atoms with Crippen LogP contribution in [-0.2, 0) is 4.79 Å². The van der Waals surface area contributed by atoms with E-state index in [0.717, 1.165) is 51.1 Å². The van der Waals surface area contributed by atoms with Crippen LogP contribution in [0.15, 0.2) is 48.8 Å². The highest BCUT2D eigenvalue weighted by Gasteiger charge is 2.27. The predicted octanol–water partition coefficient (Wildman–Crippen LogP) is 4.23. The SMILES string of the molecule is Cc1c(-c2cnc3c(c2)/C(=C/c2cc4ccccc4[nH]2)C(=O)N3)cnc2c1NCCO2. The number of hydrogen-bond acceptors (Lipinski definition) is 5. The zero-order valence-electron chi connectivity index (χ0n) is 16.8. The van der Waals surface area contributed by atoms with Crippen molar-refractivity contribution >= 4 is 40.0 Å². The van der Waals surface area contributed by atoms with E-state index in [1.807, 2.05) is 49.4 Å². The van der Waals surface area contributed by atoms with Crippen LogP contribution in [0.25, 0.3) is 33.7 Å². The molecular formula is C24H19N5O2. The van der Waals surface area contributed by atoms with E-state index in [0.29, 0.717) is 23.9 Å². The first-order valence-electron chi connectivity index (χ1n) is 10.2. The summed E-state index contributed by atoms with van der Waals surface area (Å²) in [6, 6.07) is 12.1. The van der Waals surface area contributed by atoms with Crippen LogP contribution in [0.5, 0.6) is 5.88 Å². The Hall–Kier alpha value is -4.13. The maximum absolute atomic E-state index is 12.7. The summed E-state index contributed by atoms with van der Waals surface area (Å²) in [6.45, 7) is 3.39. The first kappa shape index (κ1) is 17.7. The number of nitrogens with zero attached hydrogens (tertiary/aromatic N) is 2. The molecule has 0 unspecified atom stereocenters. The van der Waals surface area contributed by atoms with Crippen LogP contribution < -0.4 is 15.4 Å². The van der Waals surface area contributed by atoms with Crippen molar-refractivity contribution in [3.05, 3.63) is 65.6 Å². The number of amides is 1. The Bertz CT molecular complexity index is 1370. The molecule has 0 saturated carbocycles. The molecule has 152 valence electrons. The molecule has 6 rings (SSSR count). The van der Waals surface area contributed by atoms with E-state index in [-0.39, 0.29) is 5.91 Å². The molecule has 3 aromatic heterocycles. The molecule has 2 aliphatic rings. The molecule has 0 fully saturated rings. The number of H-pyrrole nitrogens is 1. The molecule has 0 bridgehead atoms. The van der Waals surface area contributed by atoms with Gasteiger partial charge in [-0.3, -0.25) is 4.79 Å². The lowest BCUT2D eigenvalue weighted by Crippen LogP contribution is -2.20. The zero-order chi connectivity index (χ0) is 20.9. The molecule has 1 aromatic carbocycles. The third kappa shape index (κ3) is 2.85. The summed E-state index contributed by atoms with van der Waals surface area (Å²) in [5.74, 6) is 1.03. The molecule has 0 saturated heterocycles. The molecule has 31 heavy (non-hydrogen) atoms. The van der Waals surface area contributed by atoms with E-state index in [1.54, 1.807) is 12.4 Å². The van der Waals surface area contributed by atoms with Gasteiger partial charge in [-0.05, 0) is 42.1 Å². The number of carbonyl (C=O) groups excluding carboxylic acids is 1. The van der Waals surface area contributed by atoms with E-state index in [4.69, 9.17) is 4.74 Å². The standard InChI is InChI=1S/C24H19N5O2/c1-13-19(12-27-24-21(13)25-6-7-31-24)15-9-17-18(23(30)29-22(17)26-11-15)10-16-8-14-4-2-3-5-20(14)28-16/h2-5,8-12,25,28H,6-7H2,1H3,(H,26,29,30)/b18-10-. The maximum Gasteiger partial charge on any atom is 0.257 e. The number of fused-ring (bicyclic) bond motifs is 3. The Kier molecular flexibility index (Phi) is 3.83. The lowest BCUT2D eigenvalue weighted by Gasteiger charge is -2.21. The summed E-state index contributed by atoms with van der Waals surface area (Å²) in [6.07, 6.45) is 5.45. The van der Waals surface area contributed by atoms with Gasteiger partial charge >= 0.3 is 0 Å². The second-order valence-corrected chi connectivity index (χ2v) is 7.70. The number of ether oxygens (including phenoxy) is 1. The third-order valence-electron chi connectivity index (χ3n) is 5.76. The number of carbonyl (C=O) groups is 1. The number of para-hydroxylation sites is 1. The van der Waals surface area contributed by atoms with E-state index in [9.17, 15) is 4.79 Å². The normalized spacial score (nSPS) is 15.9.